The first kappa shape index (κ1) is 18.2. The lowest BCUT2D eigenvalue weighted by Crippen LogP contribution is -2.13. The second-order valence-electron chi connectivity index (χ2n) is 4.94. The number of methoxy groups -OCH3 is 1. The van der Waals surface area contributed by atoms with Crippen LogP contribution in [0.5, 0.6) is 11.5 Å². The van der Waals surface area contributed by atoms with Gasteiger partial charge in [0.15, 0.2) is 0 Å². The second kappa shape index (κ2) is 7.20. The predicted molar refractivity (Wildman–Crippen MR) is 80.4 cm³/mol. The lowest BCUT2D eigenvalue weighted by atomic mass is 10.1. The number of nitrogens with zero attached hydrogens (tertiary/aromatic N) is 1. The molecule has 9 heteroatoms. The van der Waals surface area contributed by atoms with Gasteiger partial charge in [0.25, 0.3) is 0 Å². The van der Waals surface area contributed by atoms with Gasteiger partial charge >= 0.3 is 17.8 Å². The first-order chi connectivity index (χ1) is 11.7. The molecule has 0 heterocycles. The number of ether oxygens (including phenoxy) is 2. The summed E-state index contributed by atoms with van der Waals surface area (Å²) >= 11 is 0. The van der Waals surface area contributed by atoms with Crippen LogP contribution in [0.4, 0.5) is 18.9 Å². The predicted octanol–water partition coefficient (Wildman–Crippen LogP) is 3.77. The minimum absolute atomic E-state index is 0.0796. The molecule has 2 rings (SSSR count). The zero-order valence-corrected chi connectivity index (χ0v) is 12.9. The van der Waals surface area contributed by atoms with E-state index in [1.54, 1.807) is 0 Å². The fourth-order valence-electron chi connectivity index (χ4n) is 2.04. The van der Waals surface area contributed by atoms with Gasteiger partial charge in [-0.2, -0.15) is 13.2 Å². The Bertz CT molecular complexity index is 805. The Labute approximate surface area is 139 Å². The van der Waals surface area contributed by atoms with E-state index in [2.05, 4.69) is 0 Å². The van der Waals surface area contributed by atoms with E-state index in [1.807, 2.05) is 0 Å². The molecule has 25 heavy (non-hydrogen) atoms. The molecule has 132 valence electrons. The van der Waals surface area contributed by atoms with Crippen LogP contribution in [0.2, 0.25) is 0 Å². The highest BCUT2D eigenvalue weighted by atomic mass is 19.4. The van der Waals surface area contributed by atoms with E-state index in [9.17, 15) is 28.1 Å². The first-order valence-electron chi connectivity index (χ1n) is 6.90. The number of alkyl halides is 3. The van der Waals surface area contributed by atoms with E-state index in [0.29, 0.717) is 0 Å². The van der Waals surface area contributed by atoms with E-state index >= 15 is 0 Å². The number of nitro groups is 1. The lowest BCUT2D eigenvalue weighted by Gasteiger charge is -2.09. The molecular formula is C16H12F3NO5. The summed E-state index contributed by atoms with van der Waals surface area (Å²) in [6, 6.07) is 7.82. The number of carbonyl (C=O) groups excluding carboxylic acids is 1. The average Bonchev–Trinajstić information content (AvgIpc) is 2.54. The van der Waals surface area contributed by atoms with Crippen LogP contribution in [0.25, 0.3) is 0 Å². The van der Waals surface area contributed by atoms with E-state index in [1.165, 1.54) is 31.4 Å². The molecule has 0 unspecified atom stereocenters. The molecule has 6 nitrogen and oxygen atoms in total. The molecule has 0 aliphatic rings. The van der Waals surface area contributed by atoms with Gasteiger partial charge in [-0.25, -0.2) is 0 Å². The Balaban J connectivity index is 2.17. The monoisotopic (exact) mass is 355 g/mol. The van der Waals surface area contributed by atoms with Crippen LogP contribution in [0.15, 0.2) is 42.5 Å². The Morgan fingerprint density at radius 3 is 2.52 bits per heavy atom. The van der Waals surface area contributed by atoms with Crippen molar-refractivity contribution in [1.29, 1.82) is 0 Å². The van der Waals surface area contributed by atoms with Crippen molar-refractivity contribution < 1.29 is 32.4 Å². The van der Waals surface area contributed by atoms with Gasteiger partial charge in [0.2, 0.25) is 5.75 Å². The molecule has 0 atom stereocenters. The lowest BCUT2D eigenvalue weighted by molar-refractivity contribution is -0.385. The van der Waals surface area contributed by atoms with Crippen molar-refractivity contribution in [3.05, 3.63) is 63.7 Å². The van der Waals surface area contributed by atoms with Crippen LogP contribution < -0.4 is 9.47 Å². The normalized spacial score (nSPS) is 11.0. The Morgan fingerprint density at radius 2 is 1.92 bits per heavy atom. The fraction of sp³-hybridized carbons (Fsp3) is 0.188. The molecule has 0 bridgehead atoms. The van der Waals surface area contributed by atoms with Gasteiger partial charge in [-0.15, -0.1) is 0 Å². The van der Waals surface area contributed by atoms with Crippen LogP contribution in [0.1, 0.15) is 11.1 Å². The van der Waals surface area contributed by atoms with Crippen LogP contribution in [0, 0.1) is 10.1 Å². The zero-order valence-electron chi connectivity index (χ0n) is 12.9. The molecule has 2 aromatic rings. The summed E-state index contributed by atoms with van der Waals surface area (Å²) in [5, 5.41) is 11.0. The smallest absolute Gasteiger partial charge is 0.416 e. The van der Waals surface area contributed by atoms with Crippen molar-refractivity contribution in [2.45, 2.75) is 12.6 Å². The Hall–Kier alpha value is -3.10. The summed E-state index contributed by atoms with van der Waals surface area (Å²) in [6.45, 7) is 0. The minimum Gasteiger partial charge on any atom is -0.496 e. The van der Waals surface area contributed by atoms with Crippen molar-refractivity contribution in [3.63, 3.8) is 0 Å². The van der Waals surface area contributed by atoms with Crippen molar-refractivity contribution in [1.82, 2.24) is 0 Å². The van der Waals surface area contributed by atoms with Crippen molar-refractivity contribution in [2.24, 2.45) is 0 Å². The molecule has 0 radical (unpaired) electrons. The van der Waals surface area contributed by atoms with Crippen molar-refractivity contribution in [2.75, 3.05) is 7.11 Å². The summed E-state index contributed by atoms with van der Waals surface area (Å²) < 4.78 is 47.8. The van der Waals surface area contributed by atoms with Crippen LogP contribution in [0.3, 0.4) is 0 Å². The summed E-state index contributed by atoms with van der Waals surface area (Å²) in [7, 11) is 1.32. The van der Waals surface area contributed by atoms with Crippen molar-refractivity contribution >= 4 is 11.7 Å². The molecule has 0 saturated heterocycles. The maximum absolute atomic E-state index is 12.7. The fourth-order valence-corrected chi connectivity index (χ4v) is 2.04. The van der Waals surface area contributed by atoms with E-state index in [4.69, 9.17) is 9.47 Å². The molecule has 0 amide bonds. The quantitative estimate of drug-likeness (QED) is 0.353. The SMILES string of the molecule is COc1ccc(OC(=O)Cc2cccc(C(F)(F)F)c2)c([N+](=O)[O-])c1. The van der Waals surface area contributed by atoms with Crippen molar-refractivity contribution in [3.8, 4) is 11.5 Å². The first-order valence-corrected chi connectivity index (χ1v) is 6.90. The Kier molecular flexibility index (Phi) is 5.26. The highest BCUT2D eigenvalue weighted by Gasteiger charge is 2.30. The number of esters is 1. The highest BCUT2D eigenvalue weighted by Crippen LogP contribution is 2.32. The van der Waals surface area contributed by atoms with Crippen LogP contribution >= 0.6 is 0 Å². The molecular weight excluding hydrogens is 343 g/mol. The number of rotatable bonds is 5. The Morgan fingerprint density at radius 1 is 1.20 bits per heavy atom. The van der Waals surface area contributed by atoms with E-state index in [0.717, 1.165) is 18.2 Å². The molecule has 0 spiro atoms. The third kappa shape index (κ3) is 4.69. The molecule has 0 N–H and O–H groups in total. The van der Waals surface area contributed by atoms with Gasteiger partial charge < -0.3 is 9.47 Å². The zero-order chi connectivity index (χ0) is 18.6. The molecule has 0 aromatic heterocycles. The number of hydrogen-bond acceptors (Lipinski definition) is 5. The maximum atomic E-state index is 12.7. The maximum Gasteiger partial charge on any atom is 0.416 e. The standard InChI is InChI=1S/C16H12F3NO5/c1-24-12-5-6-14(13(9-12)20(22)23)25-15(21)8-10-3-2-4-11(7-10)16(17,18)19/h2-7,9H,8H2,1H3. The third-order valence-electron chi connectivity index (χ3n) is 3.19. The molecule has 0 fully saturated rings. The van der Waals surface area contributed by atoms with Crippen LogP contribution in [-0.4, -0.2) is 18.0 Å². The van der Waals surface area contributed by atoms with E-state index in [-0.39, 0.29) is 17.1 Å². The number of nitro benzene ring substituents is 1. The van der Waals surface area contributed by atoms with E-state index < -0.39 is 34.7 Å². The van der Waals surface area contributed by atoms with Gasteiger partial charge in [-0.1, -0.05) is 18.2 Å². The second-order valence-corrected chi connectivity index (χ2v) is 4.94. The van der Waals surface area contributed by atoms with Gasteiger partial charge in [0.1, 0.15) is 5.75 Å². The molecule has 2 aromatic carbocycles. The average molecular weight is 355 g/mol. The molecule has 0 aliphatic carbocycles. The van der Waals surface area contributed by atoms with Crippen LogP contribution in [-0.2, 0) is 17.4 Å². The number of carbonyl (C=O) groups is 1. The number of halogens is 3. The summed E-state index contributed by atoms with van der Waals surface area (Å²) in [6.07, 6.45) is -5.00. The molecule has 0 saturated carbocycles. The van der Waals surface area contributed by atoms with Gasteiger partial charge in [-0.05, 0) is 23.8 Å². The molecule has 0 aliphatic heterocycles. The van der Waals surface area contributed by atoms with Gasteiger partial charge in [0.05, 0.1) is 30.1 Å². The highest BCUT2D eigenvalue weighted by molar-refractivity contribution is 5.76. The van der Waals surface area contributed by atoms with Gasteiger partial charge in [0, 0.05) is 0 Å². The van der Waals surface area contributed by atoms with Gasteiger partial charge in [-0.3, -0.25) is 14.9 Å². The summed E-state index contributed by atoms with van der Waals surface area (Å²) in [5.74, 6) is -1.04. The number of benzene rings is 2. The minimum atomic E-state index is -4.53. The topological polar surface area (TPSA) is 78.7 Å². The number of hydrogen-bond donors (Lipinski definition) is 0. The summed E-state index contributed by atoms with van der Waals surface area (Å²) in [4.78, 5) is 22.2. The third-order valence-corrected chi connectivity index (χ3v) is 3.19. The summed E-state index contributed by atoms with van der Waals surface area (Å²) in [5.41, 5.74) is -1.30. The largest absolute Gasteiger partial charge is 0.496 e.